The van der Waals surface area contributed by atoms with Crippen LogP contribution in [0.4, 0.5) is 0 Å². The van der Waals surface area contributed by atoms with Gasteiger partial charge in [-0.3, -0.25) is 4.98 Å². The zero-order valence-electron chi connectivity index (χ0n) is 15.1. The summed E-state index contributed by atoms with van der Waals surface area (Å²) in [5, 5.41) is 4.61. The minimum Gasteiger partial charge on any atom is -0.379 e. The van der Waals surface area contributed by atoms with Crippen molar-refractivity contribution in [1.82, 2.24) is 20.0 Å². The zero-order valence-corrected chi connectivity index (χ0v) is 17.5. The molecule has 2 N–H and O–H groups in total. The van der Waals surface area contributed by atoms with Crippen LogP contribution in [0.5, 0.6) is 0 Å². The first-order valence-electron chi connectivity index (χ1n) is 8.38. The molecular formula is C19H19ClN4O2S2. The molecule has 0 spiro atoms. The van der Waals surface area contributed by atoms with Crippen molar-refractivity contribution >= 4 is 38.7 Å². The number of nitrogens with one attached hydrogen (secondary N) is 2. The van der Waals surface area contributed by atoms with Crippen LogP contribution in [0.15, 0.2) is 60.3 Å². The molecule has 3 aromatic rings. The Hall–Kier alpha value is -2.26. The van der Waals surface area contributed by atoms with Crippen LogP contribution in [-0.4, -0.2) is 18.4 Å². The Morgan fingerprint density at radius 3 is 2.64 bits per heavy atom. The molecule has 0 aliphatic heterocycles. The summed E-state index contributed by atoms with van der Waals surface area (Å²) in [4.78, 5) is 9.81. The maximum absolute atomic E-state index is 12.3. The Labute approximate surface area is 173 Å². The molecule has 6 nitrogen and oxygen atoms in total. The lowest BCUT2D eigenvalue weighted by atomic mass is 10.2. The van der Waals surface area contributed by atoms with Gasteiger partial charge in [0.05, 0.1) is 27.8 Å². The molecule has 0 aliphatic rings. The molecule has 0 fully saturated rings. The molecule has 28 heavy (non-hydrogen) atoms. The first-order valence-corrected chi connectivity index (χ1v) is 11.1. The van der Waals surface area contributed by atoms with E-state index in [-0.39, 0.29) is 11.4 Å². The van der Waals surface area contributed by atoms with Crippen molar-refractivity contribution in [1.29, 1.82) is 0 Å². The van der Waals surface area contributed by atoms with Gasteiger partial charge in [-0.25, -0.2) is 18.1 Å². The van der Waals surface area contributed by atoms with Crippen LogP contribution in [0.2, 0.25) is 5.02 Å². The zero-order chi connectivity index (χ0) is 20.1. The van der Waals surface area contributed by atoms with Gasteiger partial charge in [-0.15, -0.1) is 11.3 Å². The second-order valence-electron chi connectivity index (χ2n) is 6.01. The van der Waals surface area contributed by atoms with E-state index in [1.165, 1.54) is 12.1 Å². The molecule has 1 aromatic carbocycles. The van der Waals surface area contributed by atoms with Gasteiger partial charge in [0.2, 0.25) is 10.0 Å². The van der Waals surface area contributed by atoms with Crippen LogP contribution in [0, 0.1) is 6.92 Å². The fraction of sp³-hybridized carbons (Fsp3) is 0.158. The Balaban J connectivity index is 1.57. The Morgan fingerprint density at radius 1 is 1.18 bits per heavy atom. The number of rotatable bonds is 8. The molecule has 0 radical (unpaired) electrons. The maximum atomic E-state index is 12.3. The number of thiazole rings is 1. The number of aromatic nitrogens is 2. The molecule has 0 saturated carbocycles. The van der Waals surface area contributed by atoms with E-state index in [1.54, 1.807) is 35.7 Å². The summed E-state index contributed by atoms with van der Waals surface area (Å²) in [5.41, 5.74) is 2.13. The summed E-state index contributed by atoms with van der Waals surface area (Å²) < 4.78 is 27.2. The van der Waals surface area contributed by atoms with Gasteiger partial charge in [0, 0.05) is 28.8 Å². The van der Waals surface area contributed by atoms with Crippen molar-refractivity contribution < 1.29 is 8.42 Å². The van der Waals surface area contributed by atoms with Crippen molar-refractivity contribution in [3.63, 3.8) is 0 Å². The van der Waals surface area contributed by atoms with E-state index in [0.29, 0.717) is 23.0 Å². The van der Waals surface area contributed by atoms with Crippen molar-refractivity contribution in [3.8, 4) is 0 Å². The van der Waals surface area contributed by atoms with Crippen LogP contribution < -0.4 is 10.0 Å². The summed E-state index contributed by atoms with van der Waals surface area (Å²) in [6.07, 6.45) is 3.46. The van der Waals surface area contributed by atoms with Gasteiger partial charge in [-0.1, -0.05) is 30.3 Å². The molecule has 0 unspecified atom stereocenters. The number of nitrogens with zero attached hydrogens (tertiary/aromatic N) is 2. The second-order valence-corrected chi connectivity index (χ2v) is 9.53. The number of hydrogen-bond acceptors (Lipinski definition) is 6. The van der Waals surface area contributed by atoms with E-state index < -0.39 is 10.0 Å². The Kier molecular flexibility index (Phi) is 6.46. The maximum Gasteiger partial charge on any atom is 0.240 e. The molecule has 0 saturated heterocycles. The fourth-order valence-electron chi connectivity index (χ4n) is 2.37. The van der Waals surface area contributed by atoms with Gasteiger partial charge in [0.1, 0.15) is 0 Å². The van der Waals surface area contributed by atoms with Crippen LogP contribution in [0.25, 0.3) is 5.70 Å². The van der Waals surface area contributed by atoms with Crippen LogP contribution in [0.1, 0.15) is 21.1 Å². The molecule has 0 amide bonds. The smallest absolute Gasteiger partial charge is 0.240 e. The highest BCUT2D eigenvalue weighted by atomic mass is 35.5. The number of hydrogen-bond donors (Lipinski definition) is 2. The summed E-state index contributed by atoms with van der Waals surface area (Å²) in [6, 6.07) is 9.74. The summed E-state index contributed by atoms with van der Waals surface area (Å²) >= 11 is 7.49. The molecule has 2 heterocycles. The third-order valence-corrected chi connectivity index (χ3v) is 6.40. The van der Waals surface area contributed by atoms with E-state index in [4.69, 9.17) is 11.6 Å². The molecule has 2 aromatic heterocycles. The largest absolute Gasteiger partial charge is 0.379 e. The monoisotopic (exact) mass is 434 g/mol. The number of sulfonamides is 1. The highest BCUT2D eigenvalue weighted by Crippen LogP contribution is 2.16. The molecular weight excluding hydrogens is 416 g/mol. The van der Waals surface area contributed by atoms with Crippen molar-refractivity contribution in [3.05, 3.63) is 81.5 Å². The summed E-state index contributed by atoms with van der Waals surface area (Å²) in [6.45, 7) is 6.72. The van der Waals surface area contributed by atoms with Gasteiger partial charge < -0.3 is 5.32 Å². The predicted molar refractivity (Wildman–Crippen MR) is 112 cm³/mol. The quantitative estimate of drug-likeness (QED) is 0.564. The summed E-state index contributed by atoms with van der Waals surface area (Å²) in [7, 11) is -3.64. The SMILES string of the molecule is C=C(NCc1cnc(C)s1)c1ccc(CNS(=O)(=O)c2cccc(Cl)c2)cn1. The van der Waals surface area contributed by atoms with Crippen LogP contribution in [-0.2, 0) is 23.1 Å². The third-order valence-electron chi connectivity index (χ3n) is 3.85. The minimum absolute atomic E-state index is 0.125. The third kappa shape index (κ3) is 5.39. The van der Waals surface area contributed by atoms with Gasteiger partial charge >= 0.3 is 0 Å². The predicted octanol–water partition coefficient (Wildman–Crippen LogP) is 3.74. The number of pyridine rings is 1. The molecule has 0 atom stereocenters. The van der Waals surface area contributed by atoms with Gasteiger partial charge in [0.25, 0.3) is 0 Å². The van der Waals surface area contributed by atoms with E-state index in [1.807, 2.05) is 19.2 Å². The van der Waals surface area contributed by atoms with Crippen LogP contribution >= 0.6 is 22.9 Å². The topological polar surface area (TPSA) is 84.0 Å². The lowest BCUT2D eigenvalue weighted by Gasteiger charge is -2.10. The molecule has 3 rings (SSSR count). The first-order chi connectivity index (χ1) is 13.3. The van der Waals surface area contributed by atoms with Crippen molar-refractivity contribution in [2.75, 3.05) is 0 Å². The fourth-order valence-corrected chi connectivity index (χ4v) is 4.43. The van der Waals surface area contributed by atoms with Crippen LogP contribution in [0.3, 0.4) is 0 Å². The summed E-state index contributed by atoms with van der Waals surface area (Å²) in [5.74, 6) is 0. The molecule has 0 aliphatic carbocycles. The van der Waals surface area contributed by atoms with Gasteiger partial charge in [-0.05, 0) is 36.8 Å². The molecule has 9 heteroatoms. The average molecular weight is 435 g/mol. The van der Waals surface area contributed by atoms with E-state index in [9.17, 15) is 8.42 Å². The second kappa shape index (κ2) is 8.83. The highest BCUT2D eigenvalue weighted by Gasteiger charge is 2.14. The minimum atomic E-state index is -3.64. The Bertz CT molecular complexity index is 1080. The normalized spacial score (nSPS) is 11.4. The van der Waals surface area contributed by atoms with Gasteiger partial charge in [0.15, 0.2) is 0 Å². The molecule has 146 valence electrons. The van der Waals surface area contributed by atoms with E-state index in [2.05, 4.69) is 26.6 Å². The lowest BCUT2D eigenvalue weighted by molar-refractivity contribution is 0.581. The standard InChI is InChI=1S/C19H19ClN4O2S2/c1-13(21-11-17-12-22-14(2)27-17)19-7-6-15(9-23-19)10-24-28(25,26)18-5-3-4-16(20)8-18/h3-9,12,21,24H,1,10-11H2,2H3. The van der Waals surface area contributed by atoms with E-state index >= 15 is 0 Å². The first kappa shape index (κ1) is 20.5. The van der Waals surface area contributed by atoms with Crippen molar-refractivity contribution in [2.24, 2.45) is 0 Å². The van der Waals surface area contributed by atoms with Crippen molar-refractivity contribution in [2.45, 2.75) is 24.9 Å². The lowest BCUT2D eigenvalue weighted by Crippen LogP contribution is -2.23. The number of benzene rings is 1. The highest BCUT2D eigenvalue weighted by molar-refractivity contribution is 7.89. The van der Waals surface area contributed by atoms with Gasteiger partial charge in [-0.2, -0.15) is 0 Å². The van der Waals surface area contributed by atoms with E-state index in [0.717, 1.165) is 15.4 Å². The molecule has 0 bridgehead atoms. The number of halogens is 1. The Morgan fingerprint density at radius 2 is 2.00 bits per heavy atom. The number of aryl methyl sites for hydroxylation is 1. The average Bonchev–Trinajstić information content (AvgIpc) is 3.10.